The zero-order valence-corrected chi connectivity index (χ0v) is 14.7. The van der Waals surface area contributed by atoms with Gasteiger partial charge in [-0.2, -0.15) is 0 Å². The van der Waals surface area contributed by atoms with E-state index in [9.17, 15) is 9.59 Å². The average molecular weight is 312 g/mol. The number of nitrogens with one attached hydrogen (secondary N) is 2. The van der Waals surface area contributed by atoms with Gasteiger partial charge in [0.05, 0.1) is 0 Å². The van der Waals surface area contributed by atoms with E-state index in [4.69, 9.17) is 0 Å². The second-order valence-electron chi connectivity index (χ2n) is 6.13. The summed E-state index contributed by atoms with van der Waals surface area (Å²) in [6.45, 7) is 4.19. The molecule has 2 amide bonds. The van der Waals surface area contributed by atoms with E-state index in [1.54, 1.807) is 0 Å². The minimum absolute atomic E-state index is 0.0830. The lowest BCUT2D eigenvalue weighted by atomic mass is 10.1. The van der Waals surface area contributed by atoms with Crippen LogP contribution in [0.3, 0.4) is 0 Å². The summed E-state index contributed by atoms with van der Waals surface area (Å²) in [5, 5.41) is 0. The summed E-state index contributed by atoms with van der Waals surface area (Å²) in [5.74, 6) is -0.199. The summed E-state index contributed by atoms with van der Waals surface area (Å²) in [6, 6.07) is 0. The van der Waals surface area contributed by atoms with Crippen molar-refractivity contribution in [2.24, 2.45) is 0 Å². The molecule has 0 aromatic rings. The first kappa shape index (κ1) is 20.9. The van der Waals surface area contributed by atoms with E-state index in [1.165, 1.54) is 57.8 Å². The number of unbranched alkanes of at least 4 members (excludes halogenated alkanes) is 10. The van der Waals surface area contributed by atoms with E-state index in [1.807, 2.05) is 6.92 Å². The molecule has 0 aliphatic heterocycles. The summed E-state index contributed by atoms with van der Waals surface area (Å²) < 4.78 is 0. The van der Waals surface area contributed by atoms with E-state index in [-0.39, 0.29) is 11.8 Å². The highest BCUT2D eigenvalue weighted by atomic mass is 16.2. The van der Waals surface area contributed by atoms with Gasteiger partial charge in [-0.3, -0.25) is 20.4 Å². The molecule has 0 atom stereocenters. The standard InChI is InChI=1S/C18H36N2O2/c1-3-5-6-7-8-9-10-11-12-13-14-16-18(22)20-19-17(21)15-4-2/h3-16H2,1-2H3,(H,19,21)(H,20,22). The summed E-state index contributed by atoms with van der Waals surface area (Å²) >= 11 is 0. The number of hydrazine groups is 1. The first-order valence-electron chi connectivity index (χ1n) is 9.28. The van der Waals surface area contributed by atoms with Gasteiger partial charge in [-0.05, 0) is 12.8 Å². The molecule has 0 unspecified atom stereocenters. The van der Waals surface area contributed by atoms with E-state index in [0.29, 0.717) is 12.8 Å². The summed E-state index contributed by atoms with van der Waals surface area (Å²) in [4.78, 5) is 22.7. The zero-order chi connectivity index (χ0) is 16.5. The molecule has 4 heteroatoms. The maximum absolute atomic E-state index is 11.5. The smallest absolute Gasteiger partial charge is 0.238 e. The number of amides is 2. The van der Waals surface area contributed by atoms with Gasteiger partial charge in [-0.1, -0.05) is 78.1 Å². The third-order valence-electron chi connectivity index (χ3n) is 3.83. The maximum Gasteiger partial charge on any atom is 0.238 e. The molecule has 4 nitrogen and oxygen atoms in total. The van der Waals surface area contributed by atoms with Crippen molar-refractivity contribution >= 4 is 11.8 Å². The number of carbonyl (C=O) groups is 2. The molecule has 0 rings (SSSR count). The van der Waals surface area contributed by atoms with Crippen molar-refractivity contribution in [3.05, 3.63) is 0 Å². The van der Waals surface area contributed by atoms with Gasteiger partial charge in [0, 0.05) is 12.8 Å². The molecular formula is C18H36N2O2. The van der Waals surface area contributed by atoms with Crippen molar-refractivity contribution in [3.63, 3.8) is 0 Å². The van der Waals surface area contributed by atoms with Gasteiger partial charge < -0.3 is 0 Å². The van der Waals surface area contributed by atoms with Crippen LogP contribution in [0.4, 0.5) is 0 Å². The predicted octanol–water partition coefficient (Wildman–Crippen LogP) is 4.64. The Labute approximate surface area is 136 Å². The molecule has 0 saturated heterocycles. The molecule has 0 radical (unpaired) electrons. The van der Waals surface area contributed by atoms with Crippen molar-refractivity contribution < 1.29 is 9.59 Å². The van der Waals surface area contributed by atoms with E-state index in [0.717, 1.165) is 19.3 Å². The van der Waals surface area contributed by atoms with Crippen LogP contribution in [0.15, 0.2) is 0 Å². The monoisotopic (exact) mass is 312 g/mol. The van der Waals surface area contributed by atoms with Crippen molar-refractivity contribution in [2.45, 2.75) is 104 Å². The topological polar surface area (TPSA) is 58.2 Å². The molecule has 0 bridgehead atoms. The molecule has 0 aliphatic rings. The highest BCUT2D eigenvalue weighted by Crippen LogP contribution is 2.11. The third-order valence-corrected chi connectivity index (χ3v) is 3.83. The van der Waals surface area contributed by atoms with Gasteiger partial charge in [0.25, 0.3) is 0 Å². The largest absolute Gasteiger partial charge is 0.273 e. The molecule has 130 valence electrons. The molecule has 0 spiro atoms. The molecule has 22 heavy (non-hydrogen) atoms. The molecule has 0 heterocycles. The highest BCUT2D eigenvalue weighted by molar-refractivity contribution is 5.81. The molecule has 2 N–H and O–H groups in total. The fourth-order valence-electron chi connectivity index (χ4n) is 2.44. The lowest BCUT2D eigenvalue weighted by Crippen LogP contribution is -2.41. The minimum atomic E-state index is -0.116. The maximum atomic E-state index is 11.5. The highest BCUT2D eigenvalue weighted by Gasteiger charge is 2.03. The lowest BCUT2D eigenvalue weighted by Gasteiger charge is -2.06. The van der Waals surface area contributed by atoms with Gasteiger partial charge in [0.15, 0.2) is 0 Å². The van der Waals surface area contributed by atoms with Crippen molar-refractivity contribution in [3.8, 4) is 0 Å². The van der Waals surface area contributed by atoms with Crippen LogP contribution in [0.2, 0.25) is 0 Å². The molecule has 0 aliphatic carbocycles. The SMILES string of the molecule is CCCCCCCCCCCCCC(=O)NNC(=O)CCC. The normalized spacial score (nSPS) is 10.5. The van der Waals surface area contributed by atoms with Crippen molar-refractivity contribution in [1.82, 2.24) is 10.9 Å². The van der Waals surface area contributed by atoms with E-state index in [2.05, 4.69) is 17.8 Å². The van der Waals surface area contributed by atoms with Crippen molar-refractivity contribution in [1.29, 1.82) is 0 Å². The van der Waals surface area contributed by atoms with Crippen LogP contribution in [-0.4, -0.2) is 11.8 Å². The Morgan fingerprint density at radius 1 is 0.545 bits per heavy atom. The van der Waals surface area contributed by atoms with Crippen LogP contribution in [-0.2, 0) is 9.59 Å². The molecular weight excluding hydrogens is 276 g/mol. The average Bonchev–Trinajstić information content (AvgIpc) is 2.51. The van der Waals surface area contributed by atoms with Gasteiger partial charge in [0.1, 0.15) is 0 Å². The number of hydrogen-bond donors (Lipinski definition) is 2. The van der Waals surface area contributed by atoms with Crippen LogP contribution in [0.5, 0.6) is 0 Å². The van der Waals surface area contributed by atoms with Gasteiger partial charge in [-0.25, -0.2) is 0 Å². The van der Waals surface area contributed by atoms with Crippen LogP contribution in [0.1, 0.15) is 104 Å². The van der Waals surface area contributed by atoms with Crippen LogP contribution in [0.25, 0.3) is 0 Å². The number of carbonyl (C=O) groups excluding carboxylic acids is 2. The van der Waals surface area contributed by atoms with Crippen LogP contribution >= 0.6 is 0 Å². The van der Waals surface area contributed by atoms with E-state index < -0.39 is 0 Å². The second kappa shape index (κ2) is 16.3. The van der Waals surface area contributed by atoms with E-state index >= 15 is 0 Å². The fraction of sp³-hybridized carbons (Fsp3) is 0.889. The summed E-state index contributed by atoms with van der Waals surface area (Å²) in [5.41, 5.74) is 4.90. The van der Waals surface area contributed by atoms with Crippen molar-refractivity contribution in [2.75, 3.05) is 0 Å². The van der Waals surface area contributed by atoms with Gasteiger partial charge >= 0.3 is 0 Å². The first-order valence-corrected chi connectivity index (χ1v) is 9.28. The Morgan fingerprint density at radius 3 is 1.41 bits per heavy atom. The van der Waals surface area contributed by atoms with Gasteiger partial charge in [-0.15, -0.1) is 0 Å². The molecule has 0 aromatic carbocycles. The Hall–Kier alpha value is -1.06. The zero-order valence-electron chi connectivity index (χ0n) is 14.7. The molecule has 0 aromatic heterocycles. The quantitative estimate of drug-likeness (QED) is 0.363. The van der Waals surface area contributed by atoms with Gasteiger partial charge in [0.2, 0.25) is 11.8 Å². The summed E-state index contributed by atoms with van der Waals surface area (Å²) in [6.07, 6.45) is 15.8. The second-order valence-corrected chi connectivity index (χ2v) is 6.13. The number of rotatable bonds is 14. The lowest BCUT2D eigenvalue weighted by molar-refractivity contribution is -0.129. The fourth-order valence-corrected chi connectivity index (χ4v) is 2.44. The molecule has 0 saturated carbocycles. The van der Waals surface area contributed by atoms with Crippen LogP contribution < -0.4 is 10.9 Å². The Bertz CT molecular complexity index is 280. The summed E-state index contributed by atoms with van der Waals surface area (Å²) in [7, 11) is 0. The molecule has 0 fully saturated rings. The number of hydrogen-bond acceptors (Lipinski definition) is 2. The Morgan fingerprint density at radius 2 is 0.955 bits per heavy atom. The predicted molar refractivity (Wildman–Crippen MR) is 92.3 cm³/mol. The van der Waals surface area contributed by atoms with Crippen LogP contribution in [0, 0.1) is 0 Å². The third kappa shape index (κ3) is 15.3. The first-order chi connectivity index (χ1) is 10.7. The Kier molecular flexibility index (Phi) is 15.5. The minimum Gasteiger partial charge on any atom is -0.273 e. The Balaban J connectivity index is 3.22.